The van der Waals surface area contributed by atoms with Crippen molar-refractivity contribution >= 4 is 11.6 Å². The number of hydrogen-bond donors (Lipinski definition) is 1. The fraction of sp³-hybridized carbons (Fsp3) is 0.462. The molecule has 0 bridgehead atoms. The minimum Gasteiger partial charge on any atom is -0.324 e. The Hall–Kier alpha value is -2.68. The maximum atomic E-state index is 12.9. The van der Waals surface area contributed by atoms with Crippen molar-refractivity contribution in [2.75, 3.05) is 38.0 Å². The molecule has 1 saturated heterocycles. The topological polar surface area (TPSA) is 59.4 Å². The SMILES string of the molecule is CC(C)c1cccc(C(C)C)c1NC(=O)CN1CCN(C(C#N)c2ccccc2)CC1. The van der Waals surface area contributed by atoms with E-state index in [-0.39, 0.29) is 11.9 Å². The average Bonchev–Trinajstić information content (AvgIpc) is 2.76. The van der Waals surface area contributed by atoms with E-state index in [1.54, 1.807) is 0 Å². The highest BCUT2D eigenvalue weighted by atomic mass is 16.2. The van der Waals surface area contributed by atoms with E-state index in [2.05, 4.69) is 67.1 Å². The first-order valence-electron chi connectivity index (χ1n) is 11.2. The smallest absolute Gasteiger partial charge is 0.238 e. The van der Waals surface area contributed by atoms with Gasteiger partial charge in [-0.2, -0.15) is 5.26 Å². The van der Waals surface area contributed by atoms with Crippen LogP contribution >= 0.6 is 0 Å². The molecule has 0 spiro atoms. The largest absolute Gasteiger partial charge is 0.324 e. The van der Waals surface area contributed by atoms with Gasteiger partial charge < -0.3 is 5.32 Å². The Morgan fingerprint density at radius 1 is 0.935 bits per heavy atom. The molecule has 5 nitrogen and oxygen atoms in total. The zero-order valence-electron chi connectivity index (χ0n) is 19.1. The van der Waals surface area contributed by atoms with Gasteiger partial charge in [-0.15, -0.1) is 0 Å². The van der Waals surface area contributed by atoms with E-state index in [0.29, 0.717) is 18.4 Å². The molecule has 5 heteroatoms. The Bertz CT molecular complexity index is 882. The van der Waals surface area contributed by atoms with Crippen molar-refractivity contribution in [1.82, 2.24) is 9.80 Å². The molecule has 0 aliphatic carbocycles. The zero-order valence-corrected chi connectivity index (χ0v) is 19.1. The molecule has 1 amide bonds. The van der Waals surface area contributed by atoms with Gasteiger partial charge in [0.2, 0.25) is 5.91 Å². The summed E-state index contributed by atoms with van der Waals surface area (Å²) >= 11 is 0. The second-order valence-corrected chi connectivity index (χ2v) is 8.92. The number of piperazine rings is 1. The number of carbonyl (C=O) groups is 1. The monoisotopic (exact) mass is 418 g/mol. The van der Waals surface area contributed by atoms with E-state index in [4.69, 9.17) is 0 Å². The first-order chi connectivity index (χ1) is 14.9. The van der Waals surface area contributed by atoms with E-state index in [1.165, 1.54) is 11.1 Å². The molecule has 1 N–H and O–H groups in total. The summed E-state index contributed by atoms with van der Waals surface area (Å²) in [4.78, 5) is 17.3. The third-order valence-electron chi connectivity index (χ3n) is 6.01. The Morgan fingerprint density at radius 3 is 2.03 bits per heavy atom. The van der Waals surface area contributed by atoms with Gasteiger partial charge in [0.05, 0.1) is 12.6 Å². The molecule has 0 saturated carbocycles. The number of para-hydroxylation sites is 1. The van der Waals surface area contributed by atoms with Gasteiger partial charge in [-0.1, -0.05) is 76.2 Å². The predicted molar refractivity (Wildman–Crippen MR) is 126 cm³/mol. The van der Waals surface area contributed by atoms with Crippen molar-refractivity contribution in [2.24, 2.45) is 0 Å². The fourth-order valence-corrected chi connectivity index (χ4v) is 4.26. The number of carbonyl (C=O) groups excluding carboxylic acids is 1. The van der Waals surface area contributed by atoms with Gasteiger partial charge in [-0.05, 0) is 28.5 Å². The van der Waals surface area contributed by atoms with Crippen LogP contribution in [0.3, 0.4) is 0 Å². The van der Waals surface area contributed by atoms with Crippen LogP contribution in [0.4, 0.5) is 5.69 Å². The van der Waals surface area contributed by atoms with Crippen LogP contribution in [0.2, 0.25) is 0 Å². The lowest BCUT2D eigenvalue weighted by molar-refractivity contribution is -0.117. The third kappa shape index (κ3) is 5.72. The van der Waals surface area contributed by atoms with Crippen LogP contribution in [0.15, 0.2) is 48.5 Å². The molecule has 0 radical (unpaired) electrons. The van der Waals surface area contributed by atoms with E-state index in [1.807, 2.05) is 30.3 Å². The van der Waals surface area contributed by atoms with Crippen LogP contribution in [0.25, 0.3) is 0 Å². The Morgan fingerprint density at radius 2 is 1.52 bits per heavy atom. The molecule has 1 heterocycles. The first-order valence-corrected chi connectivity index (χ1v) is 11.2. The highest BCUT2D eigenvalue weighted by molar-refractivity contribution is 5.94. The maximum Gasteiger partial charge on any atom is 0.238 e. The number of benzene rings is 2. The van der Waals surface area contributed by atoms with Crippen LogP contribution < -0.4 is 5.32 Å². The lowest BCUT2D eigenvalue weighted by atomic mass is 9.92. The van der Waals surface area contributed by atoms with Gasteiger partial charge in [0.1, 0.15) is 6.04 Å². The number of nitrogens with zero attached hydrogens (tertiary/aromatic N) is 3. The number of rotatable bonds is 7. The molecule has 1 unspecified atom stereocenters. The molecule has 31 heavy (non-hydrogen) atoms. The lowest BCUT2D eigenvalue weighted by Gasteiger charge is -2.36. The zero-order chi connectivity index (χ0) is 22.4. The highest BCUT2D eigenvalue weighted by Gasteiger charge is 2.26. The molecule has 0 aromatic heterocycles. The number of nitrogens with one attached hydrogen (secondary N) is 1. The van der Waals surface area contributed by atoms with Gasteiger partial charge in [0.25, 0.3) is 0 Å². The Labute approximate surface area is 186 Å². The van der Waals surface area contributed by atoms with Crippen LogP contribution in [0, 0.1) is 11.3 Å². The van der Waals surface area contributed by atoms with Gasteiger partial charge in [0, 0.05) is 31.9 Å². The van der Waals surface area contributed by atoms with E-state index in [0.717, 1.165) is 37.4 Å². The predicted octanol–water partition coefficient (Wildman–Crippen LogP) is 4.75. The summed E-state index contributed by atoms with van der Waals surface area (Å²) in [5, 5.41) is 12.9. The van der Waals surface area contributed by atoms with Crippen molar-refractivity contribution in [1.29, 1.82) is 5.26 Å². The molecule has 2 aromatic carbocycles. The van der Waals surface area contributed by atoms with Crippen LogP contribution in [-0.4, -0.2) is 48.4 Å². The van der Waals surface area contributed by atoms with Crippen LogP contribution in [-0.2, 0) is 4.79 Å². The number of amides is 1. The summed E-state index contributed by atoms with van der Waals surface area (Å²) in [5.41, 5.74) is 4.38. The van der Waals surface area contributed by atoms with E-state index >= 15 is 0 Å². The Kier molecular flexibility index (Phi) is 7.84. The standard InChI is InChI=1S/C26H34N4O/c1-19(2)22-11-8-12-23(20(3)4)26(22)28-25(31)18-29-13-15-30(16-14-29)24(17-27)21-9-6-5-7-10-21/h5-12,19-20,24H,13-16,18H2,1-4H3,(H,28,31). The van der Waals surface area contributed by atoms with Crippen molar-refractivity contribution in [3.63, 3.8) is 0 Å². The van der Waals surface area contributed by atoms with Crippen molar-refractivity contribution in [2.45, 2.75) is 45.6 Å². The molecular weight excluding hydrogens is 384 g/mol. The summed E-state index contributed by atoms with van der Waals surface area (Å²) in [5.74, 6) is 0.722. The summed E-state index contributed by atoms with van der Waals surface area (Å²) in [6.07, 6.45) is 0. The van der Waals surface area contributed by atoms with Crippen LogP contribution in [0.5, 0.6) is 0 Å². The molecule has 1 fully saturated rings. The fourth-order valence-electron chi connectivity index (χ4n) is 4.26. The van der Waals surface area contributed by atoms with Gasteiger partial charge >= 0.3 is 0 Å². The van der Waals surface area contributed by atoms with Crippen molar-refractivity contribution in [3.8, 4) is 6.07 Å². The minimum atomic E-state index is -0.233. The molecule has 1 aliphatic heterocycles. The minimum absolute atomic E-state index is 0.0309. The molecule has 1 aliphatic rings. The average molecular weight is 419 g/mol. The second kappa shape index (κ2) is 10.6. The molecule has 2 aromatic rings. The molecule has 164 valence electrons. The van der Waals surface area contributed by atoms with Gasteiger partial charge in [-0.25, -0.2) is 0 Å². The van der Waals surface area contributed by atoms with E-state index in [9.17, 15) is 10.1 Å². The third-order valence-corrected chi connectivity index (χ3v) is 6.01. The van der Waals surface area contributed by atoms with Crippen molar-refractivity contribution < 1.29 is 4.79 Å². The quantitative estimate of drug-likeness (QED) is 0.705. The summed E-state index contributed by atoms with van der Waals surface area (Å²) in [7, 11) is 0. The molecule has 1 atom stereocenters. The van der Waals surface area contributed by atoms with Gasteiger partial charge in [0.15, 0.2) is 0 Å². The molecular formula is C26H34N4O. The Balaban J connectivity index is 1.61. The first kappa shape index (κ1) is 23.0. The molecule has 3 rings (SSSR count). The highest BCUT2D eigenvalue weighted by Crippen LogP contribution is 2.32. The number of hydrogen-bond acceptors (Lipinski definition) is 4. The number of nitriles is 1. The maximum absolute atomic E-state index is 12.9. The normalized spacial score (nSPS) is 16.3. The summed E-state index contributed by atoms with van der Waals surface area (Å²) in [6, 6.07) is 18.4. The van der Waals surface area contributed by atoms with Crippen LogP contribution in [0.1, 0.15) is 62.3 Å². The summed E-state index contributed by atoms with van der Waals surface area (Å²) < 4.78 is 0. The lowest BCUT2D eigenvalue weighted by Crippen LogP contribution is -2.49. The second-order valence-electron chi connectivity index (χ2n) is 8.92. The van der Waals surface area contributed by atoms with Gasteiger partial charge in [-0.3, -0.25) is 14.6 Å². The number of anilines is 1. The van der Waals surface area contributed by atoms with Crippen molar-refractivity contribution in [3.05, 3.63) is 65.2 Å². The van der Waals surface area contributed by atoms with E-state index < -0.39 is 0 Å². The summed E-state index contributed by atoms with van der Waals surface area (Å²) in [6.45, 7) is 12.1.